The minimum Gasteiger partial charge on any atom is -0.461 e. The van der Waals surface area contributed by atoms with Crippen LogP contribution in [0.25, 0.3) is 32.9 Å². The van der Waals surface area contributed by atoms with Gasteiger partial charge in [0.05, 0.1) is 10.9 Å². The van der Waals surface area contributed by atoms with Gasteiger partial charge in [0, 0.05) is 61.3 Å². The molecule has 0 unspecified atom stereocenters. The van der Waals surface area contributed by atoms with Gasteiger partial charge in [-0.05, 0) is 43.3 Å². The number of anilines is 1. The van der Waals surface area contributed by atoms with Crippen LogP contribution in [0.1, 0.15) is 25.7 Å². The number of carbonyl (C=O) groups excluding carboxylic acids is 1. The first kappa shape index (κ1) is 28.9. The van der Waals surface area contributed by atoms with E-state index < -0.39 is 17.5 Å². The number of pyridine rings is 1. The lowest BCUT2D eigenvalue weighted by molar-refractivity contribution is -0.125. The molecule has 0 N–H and O–H groups in total. The van der Waals surface area contributed by atoms with Crippen molar-refractivity contribution in [3.8, 4) is 17.3 Å². The van der Waals surface area contributed by atoms with Crippen LogP contribution in [0.4, 0.5) is 14.6 Å². The lowest BCUT2D eigenvalue weighted by atomic mass is 9.95. The number of hydrogen-bond donors (Lipinski definition) is 0. The van der Waals surface area contributed by atoms with Gasteiger partial charge in [-0.1, -0.05) is 48.5 Å². The highest BCUT2D eigenvalue weighted by atomic mass is 35.5. The van der Waals surface area contributed by atoms with Crippen molar-refractivity contribution in [3.05, 3.63) is 66.1 Å². The zero-order valence-corrected chi connectivity index (χ0v) is 25.2. The maximum Gasteiger partial charge on any atom is 0.319 e. The van der Waals surface area contributed by atoms with Crippen molar-refractivity contribution < 1.29 is 18.3 Å². The molecule has 0 saturated carbocycles. The minimum absolute atomic E-state index is 0.0203. The minimum atomic E-state index is -0.902. The van der Waals surface area contributed by atoms with Crippen LogP contribution in [0.5, 0.6) is 6.01 Å². The summed E-state index contributed by atoms with van der Waals surface area (Å²) in [4.78, 5) is 32.0. The summed E-state index contributed by atoms with van der Waals surface area (Å²) in [6.45, 7) is 6.10. The van der Waals surface area contributed by atoms with Gasteiger partial charge in [0.2, 0.25) is 5.91 Å². The molecule has 5 heterocycles. The highest BCUT2D eigenvalue weighted by Crippen LogP contribution is 2.41. The van der Waals surface area contributed by atoms with E-state index in [0.29, 0.717) is 59.7 Å². The van der Waals surface area contributed by atoms with E-state index in [1.807, 2.05) is 36.2 Å². The number of nitrogens with zero attached hydrogens (tertiary/aromatic N) is 6. The average molecular weight is 619 g/mol. The number of hydrogen-bond acceptors (Lipinski definition) is 7. The Morgan fingerprint density at radius 2 is 2.05 bits per heavy atom. The largest absolute Gasteiger partial charge is 0.461 e. The summed E-state index contributed by atoms with van der Waals surface area (Å²) >= 11 is 6.58. The van der Waals surface area contributed by atoms with Crippen molar-refractivity contribution in [3.63, 3.8) is 0 Å². The quantitative estimate of drug-likeness (QED) is 0.242. The lowest BCUT2D eigenvalue weighted by Crippen LogP contribution is -2.43. The first-order valence-electron chi connectivity index (χ1n) is 15.0. The number of ether oxygens (including phenoxy) is 1. The standard InChI is InChI=1S/C33H33ClF2N6O2/c1-3-26(43)41-14-11-22(18-41)40(2)31-24-16-37-29(23-9-4-7-20-8-5-10-25(34)27(20)23)28(36)30(24)38-32(39-31)44-19-33-12-6-13-42(33)17-21(35)15-33/h3-5,7-10,16,21-22H,1,6,11-15,17-19H2,2H3/t21-,22+,33-/m0/s1. The predicted octanol–water partition coefficient (Wildman–Crippen LogP) is 5.82. The molecule has 0 bridgehead atoms. The summed E-state index contributed by atoms with van der Waals surface area (Å²) in [5.74, 6) is -0.295. The van der Waals surface area contributed by atoms with Crippen molar-refractivity contribution in [1.82, 2.24) is 24.8 Å². The summed E-state index contributed by atoms with van der Waals surface area (Å²) in [6.07, 6.45) is 4.90. The average Bonchev–Trinajstić information content (AvgIpc) is 3.74. The van der Waals surface area contributed by atoms with E-state index in [2.05, 4.69) is 21.4 Å². The van der Waals surface area contributed by atoms with Gasteiger partial charge in [-0.25, -0.2) is 8.78 Å². The normalized spacial score (nSPS) is 23.4. The summed E-state index contributed by atoms with van der Waals surface area (Å²) in [5.41, 5.74) is 0.328. The molecular formula is C33H33ClF2N6O2. The van der Waals surface area contributed by atoms with Gasteiger partial charge in [-0.3, -0.25) is 14.7 Å². The molecule has 3 aliphatic rings. The fourth-order valence-corrected chi connectivity index (χ4v) is 7.53. The van der Waals surface area contributed by atoms with Crippen molar-refractivity contribution in [2.45, 2.75) is 43.4 Å². The molecule has 8 nitrogen and oxygen atoms in total. The topological polar surface area (TPSA) is 74.7 Å². The number of carbonyl (C=O) groups is 1. The Kier molecular flexibility index (Phi) is 7.37. The number of halogens is 3. The zero-order chi connectivity index (χ0) is 30.6. The maximum absolute atomic E-state index is 16.6. The Morgan fingerprint density at radius 1 is 1.23 bits per heavy atom. The molecule has 3 atom stereocenters. The van der Waals surface area contributed by atoms with Gasteiger partial charge in [-0.15, -0.1) is 0 Å². The van der Waals surface area contributed by atoms with Crippen LogP contribution < -0.4 is 9.64 Å². The third-order valence-corrected chi connectivity index (χ3v) is 9.83. The predicted molar refractivity (Wildman–Crippen MR) is 167 cm³/mol. The molecule has 0 aliphatic carbocycles. The van der Waals surface area contributed by atoms with E-state index in [4.69, 9.17) is 21.3 Å². The van der Waals surface area contributed by atoms with E-state index in [-0.39, 0.29) is 35.8 Å². The molecule has 3 saturated heterocycles. The van der Waals surface area contributed by atoms with Crippen LogP contribution in [0.2, 0.25) is 5.02 Å². The number of aromatic nitrogens is 3. The Hall–Kier alpha value is -3.89. The number of amides is 1. The highest BCUT2D eigenvalue weighted by Gasteiger charge is 2.49. The SMILES string of the molecule is C=CC(=O)N1CC[C@@H](N(C)c2nc(OC[C@@]34CCCN3C[C@@H](F)C4)nc3c(F)c(-c4cccc5cccc(Cl)c45)ncc23)C1. The molecule has 0 radical (unpaired) electrons. The van der Waals surface area contributed by atoms with Crippen molar-refractivity contribution in [2.75, 3.05) is 44.7 Å². The van der Waals surface area contributed by atoms with E-state index in [1.165, 1.54) is 6.08 Å². The lowest BCUT2D eigenvalue weighted by Gasteiger charge is -2.31. The molecule has 1 amide bonds. The van der Waals surface area contributed by atoms with Gasteiger partial charge in [-0.2, -0.15) is 9.97 Å². The second-order valence-corrected chi connectivity index (χ2v) is 12.5. The Bertz CT molecular complexity index is 1780. The van der Waals surface area contributed by atoms with Crippen molar-refractivity contribution in [2.24, 2.45) is 0 Å². The molecule has 228 valence electrons. The molecule has 11 heteroatoms. The van der Waals surface area contributed by atoms with Gasteiger partial charge >= 0.3 is 6.01 Å². The number of fused-ring (bicyclic) bond motifs is 3. The summed E-state index contributed by atoms with van der Waals surface area (Å²) in [7, 11) is 1.87. The van der Waals surface area contributed by atoms with E-state index >= 15 is 4.39 Å². The number of likely N-dealkylation sites (tertiary alicyclic amines) is 1. The fraction of sp³-hybridized carbons (Fsp3) is 0.394. The van der Waals surface area contributed by atoms with Gasteiger partial charge in [0.1, 0.15) is 29.8 Å². The van der Waals surface area contributed by atoms with E-state index in [1.54, 1.807) is 23.2 Å². The van der Waals surface area contributed by atoms with E-state index in [9.17, 15) is 9.18 Å². The monoisotopic (exact) mass is 618 g/mol. The highest BCUT2D eigenvalue weighted by molar-refractivity contribution is 6.36. The van der Waals surface area contributed by atoms with Gasteiger partial charge < -0.3 is 14.5 Å². The molecule has 7 rings (SSSR count). The Balaban J connectivity index is 1.32. The zero-order valence-electron chi connectivity index (χ0n) is 24.5. The molecule has 2 aromatic carbocycles. The third kappa shape index (κ3) is 4.84. The molecule has 3 aliphatic heterocycles. The number of rotatable bonds is 7. The fourth-order valence-electron chi connectivity index (χ4n) is 7.24. The Labute approximate surface area is 259 Å². The second kappa shape index (κ2) is 11.2. The maximum atomic E-state index is 16.6. The van der Waals surface area contributed by atoms with Crippen LogP contribution in [-0.2, 0) is 4.79 Å². The van der Waals surface area contributed by atoms with Gasteiger partial charge in [0.15, 0.2) is 5.82 Å². The third-order valence-electron chi connectivity index (χ3n) is 9.51. The summed E-state index contributed by atoms with van der Waals surface area (Å²) < 4.78 is 37.3. The van der Waals surface area contributed by atoms with Crippen LogP contribution in [-0.4, -0.2) is 88.2 Å². The molecule has 44 heavy (non-hydrogen) atoms. The number of benzene rings is 2. The van der Waals surface area contributed by atoms with Crippen LogP contribution in [0.3, 0.4) is 0 Å². The van der Waals surface area contributed by atoms with E-state index in [0.717, 1.165) is 24.8 Å². The van der Waals surface area contributed by atoms with Crippen LogP contribution in [0.15, 0.2) is 55.3 Å². The molecule has 3 fully saturated rings. The summed E-state index contributed by atoms with van der Waals surface area (Å²) in [5, 5.41) is 2.48. The first-order valence-corrected chi connectivity index (χ1v) is 15.4. The number of likely N-dealkylation sites (N-methyl/N-ethyl adjacent to an activating group) is 1. The molecular weight excluding hydrogens is 586 g/mol. The summed E-state index contributed by atoms with van der Waals surface area (Å²) in [6, 6.07) is 11.0. The first-order chi connectivity index (χ1) is 21.3. The molecule has 0 spiro atoms. The van der Waals surface area contributed by atoms with Crippen LogP contribution in [0, 0.1) is 5.82 Å². The molecule has 2 aromatic heterocycles. The van der Waals surface area contributed by atoms with Crippen molar-refractivity contribution in [1.29, 1.82) is 0 Å². The second-order valence-electron chi connectivity index (χ2n) is 12.1. The van der Waals surface area contributed by atoms with Crippen LogP contribution >= 0.6 is 11.6 Å². The number of alkyl halides is 1. The Morgan fingerprint density at radius 3 is 2.86 bits per heavy atom. The van der Waals surface area contributed by atoms with Gasteiger partial charge in [0.25, 0.3) is 0 Å². The van der Waals surface area contributed by atoms with Crippen molar-refractivity contribution >= 4 is 45.0 Å². The molecule has 4 aromatic rings. The smallest absolute Gasteiger partial charge is 0.319 e.